The molecule has 1 aromatic carbocycles. The van der Waals surface area contributed by atoms with Gasteiger partial charge in [0.05, 0.1) is 13.7 Å². The molecule has 1 aromatic rings. The van der Waals surface area contributed by atoms with Gasteiger partial charge >= 0.3 is 0 Å². The number of methoxy groups -OCH3 is 1. The fraction of sp³-hybridized carbons (Fsp3) is 0.538. The fourth-order valence-corrected chi connectivity index (χ4v) is 2.30. The third-order valence-corrected chi connectivity index (χ3v) is 3.19. The number of nitrogens with one attached hydrogen (secondary N) is 1. The lowest BCUT2D eigenvalue weighted by atomic mass is 9.88. The zero-order valence-electron chi connectivity index (χ0n) is 9.70. The van der Waals surface area contributed by atoms with Crippen LogP contribution in [0.2, 0.25) is 0 Å². The summed E-state index contributed by atoms with van der Waals surface area (Å²) in [4.78, 5) is 0. The van der Waals surface area contributed by atoms with Gasteiger partial charge in [-0.15, -0.1) is 0 Å². The molecule has 0 amide bonds. The summed E-state index contributed by atoms with van der Waals surface area (Å²) in [6.07, 6.45) is 3.29. The summed E-state index contributed by atoms with van der Waals surface area (Å²) in [6.45, 7) is 0.905. The summed E-state index contributed by atoms with van der Waals surface area (Å²) in [5.41, 5.74) is 2.81. The maximum Gasteiger partial charge on any atom is 0.119 e. The van der Waals surface area contributed by atoms with Crippen molar-refractivity contribution in [1.82, 2.24) is 5.32 Å². The summed E-state index contributed by atoms with van der Waals surface area (Å²) in [6, 6.07) is 6.82. The molecule has 2 rings (SSSR count). The van der Waals surface area contributed by atoms with Crippen LogP contribution in [-0.2, 0) is 12.8 Å². The SMILES string of the molecule is COc1ccc2c(c1)CC[C@H](NCCO)C2. The van der Waals surface area contributed by atoms with E-state index in [2.05, 4.69) is 17.4 Å². The Morgan fingerprint density at radius 2 is 2.31 bits per heavy atom. The monoisotopic (exact) mass is 221 g/mol. The number of aliphatic hydroxyl groups excluding tert-OH is 1. The van der Waals surface area contributed by atoms with E-state index in [4.69, 9.17) is 9.84 Å². The van der Waals surface area contributed by atoms with E-state index in [-0.39, 0.29) is 6.61 Å². The van der Waals surface area contributed by atoms with Crippen LogP contribution in [0.1, 0.15) is 17.5 Å². The molecule has 1 aliphatic rings. The smallest absolute Gasteiger partial charge is 0.119 e. The maximum absolute atomic E-state index is 8.78. The number of aryl methyl sites for hydroxylation is 1. The molecule has 2 N–H and O–H groups in total. The Labute approximate surface area is 96.4 Å². The van der Waals surface area contributed by atoms with E-state index in [1.807, 2.05) is 6.07 Å². The lowest BCUT2D eigenvalue weighted by molar-refractivity contribution is 0.280. The molecule has 0 unspecified atom stereocenters. The molecule has 88 valence electrons. The molecule has 3 nitrogen and oxygen atoms in total. The normalized spacial score (nSPS) is 19.2. The summed E-state index contributed by atoms with van der Waals surface area (Å²) in [7, 11) is 1.70. The van der Waals surface area contributed by atoms with Gasteiger partial charge in [0.1, 0.15) is 5.75 Å². The topological polar surface area (TPSA) is 41.5 Å². The van der Waals surface area contributed by atoms with E-state index in [0.717, 1.165) is 25.0 Å². The molecule has 0 saturated carbocycles. The van der Waals surface area contributed by atoms with Gasteiger partial charge in [0.2, 0.25) is 0 Å². The van der Waals surface area contributed by atoms with Gasteiger partial charge < -0.3 is 15.2 Å². The van der Waals surface area contributed by atoms with Crippen LogP contribution in [0.15, 0.2) is 18.2 Å². The Kier molecular flexibility index (Phi) is 3.80. The minimum atomic E-state index is 0.214. The fourth-order valence-electron chi connectivity index (χ4n) is 2.30. The number of fused-ring (bicyclic) bond motifs is 1. The van der Waals surface area contributed by atoms with Gasteiger partial charge in [0, 0.05) is 12.6 Å². The first-order chi connectivity index (χ1) is 7.83. The molecular formula is C13H19NO2. The van der Waals surface area contributed by atoms with Gasteiger partial charge in [0.15, 0.2) is 0 Å². The lowest BCUT2D eigenvalue weighted by Gasteiger charge is -2.25. The van der Waals surface area contributed by atoms with Gasteiger partial charge in [-0.1, -0.05) is 6.07 Å². The van der Waals surface area contributed by atoms with Gasteiger partial charge in [-0.25, -0.2) is 0 Å². The highest BCUT2D eigenvalue weighted by molar-refractivity contribution is 5.37. The quantitative estimate of drug-likeness (QED) is 0.801. The third-order valence-electron chi connectivity index (χ3n) is 3.19. The van der Waals surface area contributed by atoms with Crippen molar-refractivity contribution in [2.75, 3.05) is 20.3 Å². The zero-order valence-corrected chi connectivity index (χ0v) is 9.70. The van der Waals surface area contributed by atoms with Crippen molar-refractivity contribution in [3.8, 4) is 5.75 Å². The van der Waals surface area contributed by atoms with Crippen LogP contribution in [0.4, 0.5) is 0 Å². The van der Waals surface area contributed by atoms with Crippen molar-refractivity contribution in [2.45, 2.75) is 25.3 Å². The van der Waals surface area contributed by atoms with Gasteiger partial charge in [0.25, 0.3) is 0 Å². The van der Waals surface area contributed by atoms with E-state index in [0.29, 0.717) is 12.6 Å². The largest absolute Gasteiger partial charge is 0.497 e. The first-order valence-corrected chi connectivity index (χ1v) is 5.83. The van der Waals surface area contributed by atoms with Crippen molar-refractivity contribution in [1.29, 1.82) is 0 Å². The van der Waals surface area contributed by atoms with Crippen LogP contribution in [0, 0.1) is 0 Å². The van der Waals surface area contributed by atoms with E-state index in [1.54, 1.807) is 7.11 Å². The lowest BCUT2D eigenvalue weighted by Crippen LogP contribution is -2.36. The first-order valence-electron chi connectivity index (χ1n) is 5.83. The highest BCUT2D eigenvalue weighted by Crippen LogP contribution is 2.25. The number of ether oxygens (including phenoxy) is 1. The molecule has 1 aliphatic carbocycles. The van der Waals surface area contributed by atoms with Crippen molar-refractivity contribution in [2.24, 2.45) is 0 Å². The molecule has 0 aromatic heterocycles. The van der Waals surface area contributed by atoms with Crippen LogP contribution >= 0.6 is 0 Å². The summed E-state index contributed by atoms with van der Waals surface area (Å²) >= 11 is 0. The number of benzene rings is 1. The van der Waals surface area contributed by atoms with Crippen molar-refractivity contribution in [3.63, 3.8) is 0 Å². The van der Waals surface area contributed by atoms with Crippen LogP contribution in [0.5, 0.6) is 5.75 Å². The second-order valence-corrected chi connectivity index (χ2v) is 4.25. The summed E-state index contributed by atoms with van der Waals surface area (Å²) in [5, 5.41) is 12.1. The Morgan fingerprint density at radius 3 is 3.06 bits per heavy atom. The number of rotatable bonds is 4. The average molecular weight is 221 g/mol. The van der Waals surface area contributed by atoms with Crippen molar-refractivity contribution in [3.05, 3.63) is 29.3 Å². The Morgan fingerprint density at radius 1 is 1.44 bits per heavy atom. The van der Waals surface area contributed by atoms with Crippen LogP contribution < -0.4 is 10.1 Å². The molecule has 16 heavy (non-hydrogen) atoms. The standard InChI is InChI=1S/C13H19NO2/c1-16-13-5-3-10-8-12(14-6-7-15)4-2-11(10)9-13/h3,5,9,12,14-15H,2,4,6-8H2,1H3/t12-/m0/s1. The average Bonchev–Trinajstić information content (AvgIpc) is 2.35. The van der Waals surface area contributed by atoms with E-state index >= 15 is 0 Å². The van der Waals surface area contributed by atoms with Crippen LogP contribution in [-0.4, -0.2) is 31.4 Å². The molecule has 0 bridgehead atoms. The zero-order chi connectivity index (χ0) is 11.4. The molecule has 0 saturated heterocycles. The first kappa shape index (κ1) is 11.4. The molecule has 0 aliphatic heterocycles. The minimum Gasteiger partial charge on any atom is -0.497 e. The van der Waals surface area contributed by atoms with Crippen molar-refractivity contribution < 1.29 is 9.84 Å². The third kappa shape index (κ3) is 2.54. The maximum atomic E-state index is 8.78. The Balaban J connectivity index is 2.04. The highest BCUT2D eigenvalue weighted by atomic mass is 16.5. The molecule has 1 atom stereocenters. The second kappa shape index (κ2) is 5.32. The predicted molar refractivity (Wildman–Crippen MR) is 63.9 cm³/mol. The number of aliphatic hydroxyl groups is 1. The number of hydrogen-bond donors (Lipinski definition) is 2. The van der Waals surface area contributed by atoms with Gasteiger partial charge in [-0.2, -0.15) is 0 Å². The van der Waals surface area contributed by atoms with E-state index in [9.17, 15) is 0 Å². The van der Waals surface area contributed by atoms with Gasteiger partial charge in [-0.3, -0.25) is 0 Å². The van der Waals surface area contributed by atoms with Crippen molar-refractivity contribution >= 4 is 0 Å². The summed E-state index contributed by atoms with van der Waals surface area (Å²) < 4.78 is 5.22. The van der Waals surface area contributed by atoms with E-state index < -0.39 is 0 Å². The highest BCUT2D eigenvalue weighted by Gasteiger charge is 2.18. The molecule has 3 heteroatoms. The second-order valence-electron chi connectivity index (χ2n) is 4.25. The van der Waals surface area contributed by atoms with E-state index in [1.165, 1.54) is 11.1 Å². The molecule has 0 radical (unpaired) electrons. The molecular weight excluding hydrogens is 202 g/mol. The molecule has 0 heterocycles. The molecule has 0 spiro atoms. The minimum absolute atomic E-state index is 0.214. The molecule has 0 fully saturated rings. The van der Waals surface area contributed by atoms with Crippen LogP contribution in [0.25, 0.3) is 0 Å². The van der Waals surface area contributed by atoms with Gasteiger partial charge in [-0.05, 0) is 42.5 Å². The summed E-state index contributed by atoms with van der Waals surface area (Å²) in [5.74, 6) is 0.945. The predicted octanol–water partition coefficient (Wildman–Crippen LogP) is 1.13. The Bertz CT molecular complexity index is 352. The Hall–Kier alpha value is -1.06. The number of hydrogen-bond acceptors (Lipinski definition) is 3. The van der Waals surface area contributed by atoms with Crippen LogP contribution in [0.3, 0.4) is 0 Å².